The summed E-state index contributed by atoms with van der Waals surface area (Å²) in [5.74, 6) is 0.576. The number of rotatable bonds is 6. The fourth-order valence-electron chi connectivity index (χ4n) is 3.97. The van der Waals surface area contributed by atoms with Crippen LogP contribution in [0, 0.1) is 6.92 Å². The molecule has 0 radical (unpaired) electrons. The molecule has 2 aromatic heterocycles. The molecule has 0 saturated carbocycles. The fraction of sp³-hybridized carbons (Fsp3) is 0.400. The van der Waals surface area contributed by atoms with Gasteiger partial charge in [-0.15, -0.1) is 0 Å². The Bertz CT molecular complexity index is 1060. The Morgan fingerprint density at radius 2 is 1.81 bits per heavy atom. The normalized spacial score (nSPS) is 15.1. The van der Waals surface area contributed by atoms with Gasteiger partial charge in [0.15, 0.2) is 0 Å². The van der Waals surface area contributed by atoms with Gasteiger partial charge in [-0.05, 0) is 69.5 Å². The molecule has 1 aromatic carbocycles. The van der Waals surface area contributed by atoms with Crippen LogP contribution in [0.2, 0.25) is 5.02 Å². The molecule has 32 heavy (non-hydrogen) atoms. The zero-order valence-electron chi connectivity index (χ0n) is 18.8. The van der Waals surface area contributed by atoms with Gasteiger partial charge in [-0.1, -0.05) is 23.7 Å². The van der Waals surface area contributed by atoms with Crippen LogP contribution in [0.15, 0.2) is 48.7 Å². The highest BCUT2D eigenvalue weighted by molar-refractivity contribution is 6.30. The van der Waals surface area contributed by atoms with Crippen molar-refractivity contribution >= 4 is 23.2 Å². The number of piperidine rings is 1. The molecule has 1 aliphatic rings. The molecule has 7 heteroatoms. The minimum atomic E-state index is -1.04. The van der Waals surface area contributed by atoms with Crippen LogP contribution in [-0.2, 0) is 12.0 Å². The predicted molar refractivity (Wildman–Crippen MR) is 129 cm³/mol. The van der Waals surface area contributed by atoms with Crippen LogP contribution in [0.5, 0.6) is 0 Å². The lowest BCUT2D eigenvalue weighted by atomic mass is 10.0. The van der Waals surface area contributed by atoms with Crippen molar-refractivity contribution in [2.75, 3.05) is 23.3 Å². The maximum absolute atomic E-state index is 10.6. The summed E-state index contributed by atoms with van der Waals surface area (Å²) in [6, 6.07) is 14.1. The number of nitrogens with zero attached hydrogens (tertiary/aromatic N) is 4. The number of nitrogens with one attached hydrogen (secondary N) is 1. The minimum absolute atomic E-state index is 0.287. The largest absolute Gasteiger partial charge is 0.384 e. The Balaban J connectivity index is 1.47. The average Bonchev–Trinajstić information content (AvgIpc) is 2.75. The fourth-order valence-corrected chi connectivity index (χ4v) is 4.10. The minimum Gasteiger partial charge on any atom is -0.384 e. The van der Waals surface area contributed by atoms with Crippen molar-refractivity contribution in [2.45, 2.75) is 51.7 Å². The Morgan fingerprint density at radius 1 is 1.09 bits per heavy atom. The van der Waals surface area contributed by atoms with Crippen molar-refractivity contribution < 1.29 is 5.11 Å². The third-order valence-corrected chi connectivity index (χ3v) is 6.03. The molecule has 0 bridgehead atoms. The lowest BCUT2D eigenvalue weighted by Gasteiger charge is -2.34. The number of aromatic nitrogens is 3. The van der Waals surface area contributed by atoms with E-state index in [0.29, 0.717) is 23.1 Å². The van der Waals surface area contributed by atoms with Gasteiger partial charge in [0.25, 0.3) is 0 Å². The molecule has 0 aliphatic carbocycles. The molecule has 2 N–H and O–H groups in total. The van der Waals surface area contributed by atoms with Gasteiger partial charge in [0.2, 0.25) is 5.95 Å². The summed E-state index contributed by atoms with van der Waals surface area (Å²) in [5, 5.41) is 14.8. The summed E-state index contributed by atoms with van der Waals surface area (Å²) in [4.78, 5) is 16.1. The molecule has 168 valence electrons. The lowest BCUT2D eigenvalue weighted by Crippen LogP contribution is -2.39. The Kier molecular flexibility index (Phi) is 6.63. The number of anilines is 2. The second-order valence-electron chi connectivity index (χ2n) is 8.99. The second kappa shape index (κ2) is 9.43. The molecule has 3 aromatic rings. The molecule has 1 aliphatic heterocycles. The summed E-state index contributed by atoms with van der Waals surface area (Å²) >= 11 is 6.02. The van der Waals surface area contributed by atoms with Crippen molar-refractivity contribution in [3.8, 4) is 0 Å². The molecular weight excluding hydrogens is 422 g/mol. The average molecular weight is 452 g/mol. The van der Waals surface area contributed by atoms with Gasteiger partial charge in [0, 0.05) is 48.2 Å². The highest BCUT2D eigenvalue weighted by atomic mass is 35.5. The van der Waals surface area contributed by atoms with Gasteiger partial charge in [-0.3, -0.25) is 4.98 Å². The number of hydrogen-bond acceptors (Lipinski definition) is 6. The van der Waals surface area contributed by atoms with E-state index in [1.54, 1.807) is 13.8 Å². The zero-order chi connectivity index (χ0) is 22.7. The third kappa shape index (κ3) is 5.75. The van der Waals surface area contributed by atoms with Crippen molar-refractivity contribution in [2.24, 2.45) is 0 Å². The monoisotopic (exact) mass is 451 g/mol. The smallest absolute Gasteiger partial charge is 0.223 e. The van der Waals surface area contributed by atoms with E-state index < -0.39 is 5.60 Å². The van der Waals surface area contributed by atoms with Crippen LogP contribution in [0.4, 0.5) is 11.6 Å². The maximum Gasteiger partial charge on any atom is 0.223 e. The summed E-state index contributed by atoms with van der Waals surface area (Å²) in [6.45, 7) is 7.45. The van der Waals surface area contributed by atoms with Crippen LogP contribution in [0.25, 0.3) is 0 Å². The van der Waals surface area contributed by atoms with Crippen molar-refractivity contribution in [3.05, 3.63) is 76.3 Å². The lowest BCUT2D eigenvalue weighted by molar-refractivity contribution is 0.0737. The van der Waals surface area contributed by atoms with Gasteiger partial charge in [-0.2, -0.15) is 0 Å². The summed E-state index contributed by atoms with van der Waals surface area (Å²) in [5.41, 5.74) is 3.81. The summed E-state index contributed by atoms with van der Waals surface area (Å²) in [7, 11) is 0. The predicted octanol–water partition coefficient (Wildman–Crippen LogP) is 4.73. The Hall–Kier alpha value is -2.70. The molecule has 0 atom stereocenters. The number of hydrogen-bond donors (Lipinski definition) is 2. The quantitative estimate of drug-likeness (QED) is 0.564. The highest BCUT2D eigenvalue weighted by Gasteiger charge is 2.23. The van der Waals surface area contributed by atoms with Crippen molar-refractivity contribution in [3.63, 3.8) is 0 Å². The summed E-state index contributed by atoms with van der Waals surface area (Å²) < 4.78 is 0. The van der Waals surface area contributed by atoms with E-state index in [0.717, 1.165) is 42.9 Å². The number of aryl methyl sites for hydroxylation is 1. The van der Waals surface area contributed by atoms with Gasteiger partial charge < -0.3 is 15.3 Å². The SMILES string of the molecule is Cc1cc(N2CCC(Nc3nc(Cc4ccc(Cl)cc4)cc(C(C)(C)O)n3)CC2)ccn1. The molecule has 0 unspecified atom stereocenters. The van der Waals surface area contributed by atoms with Gasteiger partial charge >= 0.3 is 0 Å². The van der Waals surface area contributed by atoms with E-state index in [1.807, 2.05) is 43.5 Å². The topological polar surface area (TPSA) is 74.2 Å². The molecule has 4 rings (SSSR count). The zero-order valence-corrected chi connectivity index (χ0v) is 19.6. The molecule has 0 spiro atoms. The van der Waals surface area contributed by atoms with E-state index in [9.17, 15) is 5.11 Å². The second-order valence-corrected chi connectivity index (χ2v) is 9.43. The third-order valence-electron chi connectivity index (χ3n) is 5.78. The van der Waals surface area contributed by atoms with E-state index >= 15 is 0 Å². The molecule has 6 nitrogen and oxygen atoms in total. The number of aliphatic hydroxyl groups is 1. The van der Waals surface area contributed by atoms with E-state index in [1.165, 1.54) is 5.69 Å². The van der Waals surface area contributed by atoms with E-state index in [2.05, 4.69) is 32.3 Å². The first-order valence-electron chi connectivity index (χ1n) is 11.1. The van der Waals surface area contributed by atoms with Crippen LogP contribution in [0.3, 0.4) is 0 Å². The van der Waals surface area contributed by atoms with Crippen LogP contribution >= 0.6 is 11.6 Å². The van der Waals surface area contributed by atoms with E-state index in [-0.39, 0.29) is 6.04 Å². The number of halogens is 1. The molecule has 0 amide bonds. The van der Waals surface area contributed by atoms with Gasteiger partial charge in [-0.25, -0.2) is 9.97 Å². The highest BCUT2D eigenvalue weighted by Crippen LogP contribution is 2.24. The maximum atomic E-state index is 10.6. The van der Waals surface area contributed by atoms with Gasteiger partial charge in [0.1, 0.15) is 5.60 Å². The van der Waals surface area contributed by atoms with Crippen molar-refractivity contribution in [1.82, 2.24) is 15.0 Å². The van der Waals surface area contributed by atoms with Gasteiger partial charge in [0.05, 0.1) is 11.4 Å². The van der Waals surface area contributed by atoms with Crippen LogP contribution in [-0.4, -0.2) is 39.2 Å². The standard InChI is InChI=1S/C25H30ClN5O/c1-17-14-22(8-11-27-17)31-12-9-20(10-13-31)28-24-29-21(16-23(30-24)25(2,3)32)15-18-4-6-19(26)7-5-18/h4-8,11,14,16,20,32H,9-10,12-13,15H2,1-3H3,(H,28,29,30). The number of benzene rings is 1. The van der Waals surface area contributed by atoms with Crippen molar-refractivity contribution in [1.29, 1.82) is 0 Å². The molecule has 1 saturated heterocycles. The first-order chi connectivity index (χ1) is 15.3. The van der Waals surface area contributed by atoms with E-state index in [4.69, 9.17) is 16.6 Å². The Labute approximate surface area is 194 Å². The Morgan fingerprint density at radius 3 is 2.47 bits per heavy atom. The number of pyridine rings is 1. The molecule has 3 heterocycles. The summed E-state index contributed by atoms with van der Waals surface area (Å²) in [6.07, 6.45) is 4.50. The molecule has 1 fully saturated rings. The van der Waals surface area contributed by atoms with Crippen LogP contribution < -0.4 is 10.2 Å². The molecular formula is C25H30ClN5O. The first kappa shape index (κ1) is 22.5. The first-order valence-corrected chi connectivity index (χ1v) is 11.4. The van der Waals surface area contributed by atoms with Crippen LogP contribution in [0.1, 0.15) is 49.3 Å².